The molecule has 0 saturated carbocycles. The zero-order valence-corrected chi connectivity index (χ0v) is 10.7. The van der Waals surface area contributed by atoms with Gasteiger partial charge in [0.1, 0.15) is 0 Å². The maximum Gasteiger partial charge on any atom is 0.155 e. The number of hydrogen-bond donors (Lipinski definition) is 1. The van der Waals surface area contributed by atoms with Crippen LogP contribution >= 0.6 is 0 Å². The second-order valence-electron chi connectivity index (χ2n) is 5.71. The predicted molar refractivity (Wildman–Crippen MR) is 68.4 cm³/mol. The second kappa shape index (κ2) is 3.92. The summed E-state index contributed by atoms with van der Waals surface area (Å²) in [6.45, 7) is 4.38. The van der Waals surface area contributed by atoms with Crippen LogP contribution < -0.4 is 0 Å². The van der Waals surface area contributed by atoms with Crippen molar-refractivity contribution in [3.05, 3.63) is 42.1 Å². The van der Waals surface area contributed by atoms with Crippen LogP contribution in [0, 0.1) is 5.41 Å². The van der Waals surface area contributed by atoms with Crippen LogP contribution in [0.3, 0.4) is 0 Å². The Morgan fingerprint density at radius 1 is 1.39 bits per heavy atom. The van der Waals surface area contributed by atoms with E-state index in [2.05, 4.69) is 23.8 Å². The number of rotatable bonds is 1. The Labute approximate surface area is 106 Å². The molecule has 18 heavy (non-hydrogen) atoms. The average Bonchev–Trinajstić information content (AvgIpc) is 2.72. The Morgan fingerprint density at radius 2 is 2.22 bits per heavy atom. The van der Waals surface area contributed by atoms with E-state index in [4.69, 9.17) is 0 Å². The van der Waals surface area contributed by atoms with Crippen molar-refractivity contribution < 1.29 is 5.11 Å². The van der Waals surface area contributed by atoms with Gasteiger partial charge in [-0.3, -0.25) is 4.98 Å². The highest BCUT2D eigenvalue weighted by atomic mass is 16.3. The van der Waals surface area contributed by atoms with Crippen molar-refractivity contribution in [2.45, 2.75) is 32.8 Å². The van der Waals surface area contributed by atoms with Gasteiger partial charge in [0.25, 0.3) is 0 Å². The Morgan fingerprint density at radius 3 is 2.94 bits per heavy atom. The molecular weight excluding hydrogens is 226 g/mol. The zero-order valence-electron chi connectivity index (χ0n) is 10.7. The van der Waals surface area contributed by atoms with Gasteiger partial charge < -0.3 is 9.67 Å². The number of aliphatic hydroxyl groups is 1. The third kappa shape index (κ3) is 1.82. The maximum atomic E-state index is 10.2. The van der Waals surface area contributed by atoms with Gasteiger partial charge >= 0.3 is 0 Å². The molecule has 0 fully saturated rings. The fourth-order valence-corrected chi connectivity index (χ4v) is 2.76. The highest BCUT2D eigenvalue weighted by molar-refractivity contribution is 5.35. The number of aromatic nitrogens is 3. The van der Waals surface area contributed by atoms with Crippen LogP contribution in [-0.4, -0.2) is 19.6 Å². The quantitative estimate of drug-likeness (QED) is 0.836. The molecule has 1 aliphatic rings. The molecule has 2 aromatic heterocycles. The topological polar surface area (TPSA) is 50.9 Å². The van der Waals surface area contributed by atoms with Gasteiger partial charge in [-0.2, -0.15) is 0 Å². The largest absolute Gasteiger partial charge is 0.388 e. The highest BCUT2D eigenvalue weighted by Gasteiger charge is 2.33. The molecule has 1 aliphatic carbocycles. The summed E-state index contributed by atoms with van der Waals surface area (Å²) in [6, 6.07) is 1.99. The maximum absolute atomic E-state index is 10.2. The Kier molecular flexibility index (Phi) is 2.48. The summed E-state index contributed by atoms with van der Waals surface area (Å²) >= 11 is 0. The van der Waals surface area contributed by atoms with Crippen LogP contribution in [-0.2, 0) is 6.42 Å². The molecule has 0 radical (unpaired) electrons. The molecule has 0 spiro atoms. The van der Waals surface area contributed by atoms with E-state index in [0.29, 0.717) is 0 Å². The normalized spacial score (nSPS) is 21.6. The number of hydrogen-bond acceptors (Lipinski definition) is 3. The summed E-state index contributed by atoms with van der Waals surface area (Å²) in [7, 11) is 0. The third-order valence-corrected chi connectivity index (χ3v) is 3.57. The summed E-state index contributed by atoms with van der Waals surface area (Å²) in [6.07, 6.45) is 8.45. The Bertz CT molecular complexity index is 560. The van der Waals surface area contributed by atoms with Crippen molar-refractivity contribution in [1.82, 2.24) is 14.5 Å². The summed E-state index contributed by atoms with van der Waals surface area (Å²) < 4.78 is 2.03. The van der Waals surface area contributed by atoms with E-state index in [1.165, 1.54) is 0 Å². The third-order valence-electron chi connectivity index (χ3n) is 3.57. The van der Waals surface area contributed by atoms with Gasteiger partial charge in [0.15, 0.2) is 5.82 Å². The van der Waals surface area contributed by atoms with Gasteiger partial charge in [-0.1, -0.05) is 13.8 Å². The van der Waals surface area contributed by atoms with E-state index in [1.54, 1.807) is 18.6 Å². The fourth-order valence-electron chi connectivity index (χ4n) is 2.76. The van der Waals surface area contributed by atoms with Crippen molar-refractivity contribution >= 4 is 0 Å². The first-order chi connectivity index (χ1) is 8.57. The first kappa shape index (κ1) is 11.4. The minimum atomic E-state index is -0.373. The van der Waals surface area contributed by atoms with E-state index >= 15 is 0 Å². The molecular formula is C14H17N3O. The summed E-state index contributed by atoms with van der Waals surface area (Å²) in [5.74, 6) is 0.809. The molecule has 2 aromatic rings. The lowest BCUT2D eigenvalue weighted by Crippen LogP contribution is -2.26. The molecule has 0 bridgehead atoms. The minimum absolute atomic E-state index is 0.116. The van der Waals surface area contributed by atoms with E-state index < -0.39 is 0 Å². The van der Waals surface area contributed by atoms with E-state index in [1.807, 2.05) is 16.8 Å². The molecule has 94 valence electrons. The molecule has 0 saturated heterocycles. The first-order valence-corrected chi connectivity index (χ1v) is 6.21. The van der Waals surface area contributed by atoms with Gasteiger partial charge in [-0.05, 0) is 24.3 Å². The molecule has 2 heterocycles. The van der Waals surface area contributed by atoms with Crippen LogP contribution in [0.15, 0.2) is 30.9 Å². The smallest absolute Gasteiger partial charge is 0.155 e. The SMILES string of the molecule is CC1(C)Cc2c(ccn2-c2cnccn2)C(O)C1. The van der Waals surface area contributed by atoms with Gasteiger partial charge in [0.05, 0.1) is 12.3 Å². The Hall–Kier alpha value is -1.68. The summed E-state index contributed by atoms with van der Waals surface area (Å²) in [4.78, 5) is 8.42. The highest BCUT2D eigenvalue weighted by Crippen LogP contribution is 2.41. The number of aliphatic hydroxyl groups excluding tert-OH is 1. The molecule has 4 nitrogen and oxygen atoms in total. The van der Waals surface area contributed by atoms with E-state index in [-0.39, 0.29) is 11.5 Å². The zero-order chi connectivity index (χ0) is 12.8. The lowest BCUT2D eigenvalue weighted by molar-refractivity contribution is 0.0986. The van der Waals surface area contributed by atoms with Crippen molar-refractivity contribution in [2.24, 2.45) is 5.41 Å². The number of nitrogens with zero attached hydrogens (tertiary/aromatic N) is 3. The molecule has 1 unspecified atom stereocenters. The Balaban J connectivity index is 2.10. The van der Waals surface area contributed by atoms with Crippen LogP contribution in [0.1, 0.15) is 37.6 Å². The minimum Gasteiger partial charge on any atom is -0.388 e. The molecule has 4 heteroatoms. The van der Waals surface area contributed by atoms with Crippen LogP contribution in [0.4, 0.5) is 0 Å². The monoisotopic (exact) mass is 243 g/mol. The van der Waals surface area contributed by atoms with E-state index in [0.717, 1.165) is 29.9 Å². The predicted octanol–water partition coefficient (Wildman–Crippen LogP) is 2.27. The van der Waals surface area contributed by atoms with Gasteiger partial charge in [-0.25, -0.2) is 4.98 Å². The summed E-state index contributed by atoms with van der Waals surface area (Å²) in [5, 5.41) is 10.2. The van der Waals surface area contributed by atoms with Gasteiger partial charge in [0.2, 0.25) is 0 Å². The van der Waals surface area contributed by atoms with Crippen molar-refractivity contribution in [3.63, 3.8) is 0 Å². The van der Waals surface area contributed by atoms with Crippen LogP contribution in [0.2, 0.25) is 0 Å². The lowest BCUT2D eigenvalue weighted by atomic mass is 9.75. The van der Waals surface area contributed by atoms with Gasteiger partial charge in [0, 0.05) is 29.8 Å². The average molecular weight is 243 g/mol. The molecule has 0 aliphatic heterocycles. The molecule has 3 rings (SSSR count). The number of fused-ring (bicyclic) bond motifs is 1. The van der Waals surface area contributed by atoms with Crippen molar-refractivity contribution in [3.8, 4) is 5.82 Å². The van der Waals surface area contributed by atoms with Crippen LogP contribution in [0.5, 0.6) is 0 Å². The first-order valence-electron chi connectivity index (χ1n) is 6.21. The van der Waals surface area contributed by atoms with Crippen LogP contribution in [0.25, 0.3) is 5.82 Å². The molecule has 0 aromatic carbocycles. The fraction of sp³-hybridized carbons (Fsp3) is 0.429. The van der Waals surface area contributed by atoms with Crippen molar-refractivity contribution in [1.29, 1.82) is 0 Å². The standard InChI is InChI=1S/C14H17N3O/c1-14(2)7-11-10(12(18)8-14)3-6-17(11)13-9-15-4-5-16-13/h3-6,9,12,18H,7-8H2,1-2H3. The van der Waals surface area contributed by atoms with Gasteiger partial charge in [-0.15, -0.1) is 0 Å². The molecule has 1 N–H and O–H groups in total. The summed E-state index contributed by atoms with van der Waals surface area (Å²) in [5.41, 5.74) is 2.30. The molecule has 1 atom stereocenters. The van der Waals surface area contributed by atoms with E-state index in [9.17, 15) is 5.11 Å². The second-order valence-corrected chi connectivity index (χ2v) is 5.71. The lowest BCUT2D eigenvalue weighted by Gasteiger charge is -2.33. The van der Waals surface area contributed by atoms with Crippen molar-refractivity contribution in [2.75, 3.05) is 0 Å². The molecule has 0 amide bonds.